The van der Waals surface area contributed by atoms with E-state index in [0.717, 1.165) is 53.6 Å². The molecule has 6 rings (SSSR count). The summed E-state index contributed by atoms with van der Waals surface area (Å²) in [4.78, 5) is 27.1. The Balaban J connectivity index is 1.24. The highest BCUT2D eigenvalue weighted by atomic mass is 16.5. The van der Waals surface area contributed by atoms with Crippen molar-refractivity contribution in [2.75, 3.05) is 19.7 Å². The van der Waals surface area contributed by atoms with Crippen molar-refractivity contribution in [3.63, 3.8) is 0 Å². The van der Waals surface area contributed by atoms with Gasteiger partial charge >= 0.3 is 5.97 Å². The first-order chi connectivity index (χ1) is 18.3. The van der Waals surface area contributed by atoms with Gasteiger partial charge in [0.15, 0.2) is 0 Å². The topological polar surface area (TPSA) is 81.0 Å². The number of hydrogen-bond donors (Lipinski definition) is 1. The first-order valence-electron chi connectivity index (χ1n) is 13.7. The van der Waals surface area contributed by atoms with Crippen molar-refractivity contribution in [3.05, 3.63) is 65.9 Å². The number of rotatable bonds is 5. The van der Waals surface area contributed by atoms with E-state index in [4.69, 9.17) is 9.47 Å². The van der Waals surface area contributed by atoms with Crippen LogP contribution in [0.5, 0.6) is 5.75 Å². The molecule has 0 bridgehead atoms. The predicted octanol–water partition coefficient (Wildman–Crippen LogP) is 5.12. The number of amides is 1. The number of carbonyl (C=O) groups is 2. The van der Waals surface area contributed by atoms with E-state index in [-0.39, 0.29) is 29.8 Å². The van der Waals surface area contributed by atoms with Gasteiger partial charge in [0, 0.05) is 60.6 Å². The summed E-state index contributed by atoms with van der Waals surface area (Å²) >= 11 is 0. The zero-order valence-corrected chi connectivity index (χ0v) is 22.2. The number of nitrogens with zero attached hydrogens (tertiary/aromatic N) is 2. The molecule has 7 heteroatoms. The first-order valence-corrected chi connectivity index (χ1v) is 13.7. The molecule has 2 saturated heterocycles. The van der Waals surface area contributed by atoms with Gasteiger partial charge in [0.05, 0.1) is 19.1 Å². The molecule has 2 aromatic carbocycles. The molecule has 0 aliphatic carbocycles. The molecule has 200 valence electrons. The molecule has 1 N–H and O–H groups in total. The number of aryl methyl sites for hydroxylation is 1. The number of aromatic nitrogens is 1. The number of hydrogen-bond acceptors (Lipinski definition) is 4. The summed E-state index contributed by atoms with van der Waals surface area (Å²) in [6.45, 7) is 4.05. The monoisotopic (exact) mass is 516 g/mol. The fourth-order valence-corrected chi connectivity index (χ4v) is 7.13. The van der Waals surface area contributed by atoms with E-state index in [9.17, 15) is 14.7 Å². The molecule has 1 spiro atoms. The summed E-state index contributed by atoms with van der Waals surface area (Å²) in [5.41, 5.74) is 2.43. The van der Waals surface area contributed by atoms with E-state index >= 15 is 0 Å². The van der Waals surface area contributed by atoms with Crippen LogP contribution in [-0.2, 0) is 27.8 Å². The Bertz CT molecular complexity index is 1380. The second kappa shape index (κ2) is 9.45. The van der Waals surface area contributed by atoms with Crippen molar-refractivity contribution in [1.82, 2.24) is 9.47 Å². The lowest BCUT2D eigenvalue weighted by Crippen LogP contribution is -2.57. The van der Waals surface area contributed by atoms with Crippen LogP contribution in [0.25, 0.3) is 10.9 Å². The second-order valence-electron chi connectivity index (χ2n) is 11.8. The lowest BCUT2D eigenvalue weighted by atomic mass is 9.64. The molecule has 1 amide bonds. The number of benzene rings is 2. The normalized spacial score (nSPS) is 28.5. The van der Waals surface area contributed by atoms with Gasteiger partial charge in [-0.2, -0.15) is 0 Å². The lowest BCUT2D eigenvalue weighted by molar-refractivity contribution is -0.185. The summed E-state index contributed by atoms with van der Waals surface area (Å²) in [6.07, 6.45) is 5.56. The van der Waals surface area contributed by atoms with Gasteiger partial charge < -0.3 is 24.0 Å². The fraction of sp³-hybridized carbons (Fsp3) is 0.484. The third kappa shape index (κ3) is 4.37. The second-order valence-corrected chi connectivity index (χ2v) is 11.8. The third-order valence-corrected chi connectivity index (χ3v) is 9.11. The molecule has 7 nitrogen and oxygen atoms in total. The van der Waals surface area contributed by atoms with E-state index < -0.39 is 11.6 Å². The van der Waals surface area contributed by atoms with Crippen LogP contribution in [0.4, 0.5) is 0 Å². The third-order valence-electron chi connectivity index (χ3n) is 9.11. The van der Waals surface area contributed by atoms with Gasteiger partial charge in [-0.05, 0) is 50.3 Å². The minimum atomic E-state index is -0.820. The molecule has 3 aromatic rings. The van der Waals surface area contributed by atoms with Crippen LogP contribution < -0.4 is 4.74 Å². The molecule has 1 aromatic heterocycles. The molecular weight excluding hydrogens is 480 g/mol. The first kappa shape index (κ1) is 25.0. The molecule has 4 heterocycles. The molecule has 2 fully saturated rings. The van der Waals surface area contributed by atoms with Crippen LogP contribution in [0.15, 0.2) is 54.7 Å². The number of ether oxygens (including phenoxy) is 2. The fourth-order valence-electron chi connectivity index (χ4n) is 7.13. The Morgan fingerprint density at radius 2 is 1.92 bits per heavy atom. The number of para-hydroxylation sites is 2. The zero-order chi connectivity index (χ0) is 26.5. The lowest BCUT2D eigenvalue weighted by Gasteiger charge is -2.55. The summed E-state index contributed by atoms with van der Waals surface area (Å²) in [6, 6.07) is 16.2. The average molecular weight is 517 g/mol. The van der Waals surface area contributed by atoms with E-state index in [1.165, 1.54) is 0 Å². The maximum atomic E-state index is 13.6. The number of likely N-dealkylation sites (tertiary alicyclic amines) is 1. The Morgan fingerprint density at radius 3 is 2.76 bits per heavy atom. The highest BCUT2D eigenvalue weighted by Gasteiger charge is 2.54. The number of aliphatic carboxylic acids is 1. The van der Waals surface area contributed by atoms with Crippen molar-refractivity contribution in [2.24, 2.45) is 18.4 Å². The summed E-state index contributed by atoms with van der Waals surface area (Å²) < 4.78 is 15.3. The van der Waals surface area contributed by atoms with Crippen LogP contribution in [0.2, 0.25) is 0 Å². The van der Waals surface area contributed by atoms with Gasteiger partial charge in [0.1, 0.15) is 11.4 Å². The van der Waals surface area contributed by atoms with Crippen molar-refractivity contribution >= 4 is 22.8 Å². The molecule has 3 aliphatic rings. The average Bonchev–Trinajstić information content (AvgIpc) is 3.23. The van der Waals surface area contributed by atoms with Crippen molar-refractivity contribution in [3.8, 4) is 5.75 Å². The van der Waals surface area contributed by atoms with E-state index in [1.807, 2.05) is 49.2 Å². The highest BCUT2D eigenvalue weighted by molar-refractivity contribution is 5.89. The number of fused-ring (bicyclic) bond motifs is 4. The Kier molecular flexibility index (Phi) is 6.22. The standard InChI is InChI=1S/C31H36N2O5/c1-30(14-12-28(35)36)24-17-31(20-37-29(24)23-9-4-6-11-26(23)38-30)13-7-15-33(19-31)27(34)16-21-18-32(2)25-10-5-3-8-22(21)25/h3-6,8-11,18,24,29H,7,12-17,19-20H2,1-2H3,(H,35,36)/t24-,29+,30-,31-/m1/s1. The quantitative estimate of drug-likeness (QED) is 0.509. The van der Waals surface area contributed by atoms with Crippen LogP contribution in [0, 0.1) is 11.3 Å². The smallest absolute Gasteiger partial charge is 0.303 e. The SMILES string of the molecule is Cn1cc(CC(=O)N2CCC[C@]3(CO[C@H]4c5ccccc5O[C@](C)(CCC(=O)O)[C@@H]4C3)C2)c2ccccc21. The van der Waals surface area contributed by atoms with Gasteiger partial charge in [0.25, 0.3) is 0 Å². The molecule has 3 aliphatic heterocycles. The number of carbonyl (C=O) groups excluding carboxylic acids is 1. The maximum Gasteiger partial charge on any atom is 0.303 e. The van der Waals surface area contributed by atoms with E-state index in [0.29, 0.717) is 26.0 Å². The van der Waals surface area contributed by atoms with Crippen LogP contribution >= 0.6 is 0 Å². The number of piperidine rings is 1. The molecule has 0 saturated carbocycles. The summed E-state index contributed by atoms with van der Waals surface area (Å²) in [5.74, 6) is 0.132. The molecule has 0 radical (unpaired) electrons. The molecule has 4 atom stereocenters. The van der Waals surface area contributed by atoms with Crippen molar-refractivity contribution in [2.45, 2.75) is 57.2 Å². The van der Waals surface area contributed by atoms with E-state index in [2.05, 4.69) is 29.0 Å². The summed E-state index contributed by atoms with van der Waals surface area (Å²) in [5, 5.41) is 10.6. The largest absolute Gasteiger partial charge is 0.487 e. The predicted molar refractivity (Wildman–Crippen MR) is 144 cm³/mol. The number of carboxylic acids is 1. The zero-order valence-electron chi connectivity index (χ0n) is 22.2. The Hall–Kier alpha value is -3.32. The van der Waals surface area contributed by atoms with Gasteiger partial charge in [-0.25, -0.2) is 0 Å². The molecule has 0 unspecified atom stereocenters. The van der Waals surface area contributed by atoms with Crippen molar-refractivity contribution < 1.29 is 24.2 Å². The molecule has 38 heavy (non-hydrogen) atoms. The van der Waals surface area contributed by atoms with Gasteiger partial charge in [-0.3, -0.25) is 9.59 Å². The Labute approximate surface area is 223 Å². The van der Waals surface area contributed by atoms with Crippen molar-refractivity contribution in [1.29, 1.82) is 0 Å². The maximum absolute atomic E-state index is 13.6. The molecular formula is C31H36N2O5. The van der Waals surface area contributed by atoms with Crippen LogP contribution in [0.1, 0.15) is 56.3 Å². The summed E-state index contributed by atoms with van der Waals surface area (Å²) in [7, 11) is 2.02. The van der Waals surface area contributed by atoms with Crippen LogP contribution in [0.3, 0.4) is 0 Å². The van der Waals surface area contributed by atoms with Gasteiger partial charge in [0.2, 0.25) is 5.91 Å². The van der Waals surface area contributed by atoms with E-state index in [1.54, 1.807) is 0 Å². The Morgan fingerprint density at radius 1 is 1.13 bits per heavy atom. The minimum absolute atomic E-state index is 0.0126. The highest BCUT2D eigenvalue weighted by Crippen LogP contribution is 2.56. The van der Waals surface area contributed by atoms with Gasteiger partial charge in [-0.1, -0.05) is 36.4 Å². The van der Waals surface area contributed by atoms with Crippen LogP contribution in [-0.4, -0.2) is 51.7 Å². The minimum Gasteiger partial charge on any atom is -0.487 e. The van der Waals surface area contributed by atoms with Gasteiger partial charge in [-0.15, -0.1) is 0 Å². The number of carboxylic acid groups (broad SMARTS) is 1.